The summed E-state index contributed by atoms with van der Waals surface area (Å²) < 4.78 is 4.96. The summed E-state index contributed by atoms with van der Waals surface area (Å²) in [5.74, 6) is 1.59. The van der Waals surface area contributed by atoms with Gasteiger partial charge in [0.2, 0.25) is 0 Å². The predicted molar refractivity (Wildman–Crippen MR) is 92.5 cm³/mol. The van der Waals surface area contributed by atoms with Crippen LogP contribution < -0.4 is 10.6 Å². The van der Waals surface area contributed by atoms with E-state index in [2.05, 4.69) is 34.9 Å². The fraction of sp³-hybridized carbons (Fsp3) is 0.632. The van der Waals surface area contributed by atoms with Crippen molar-refractivity contribution in [3.63, 3.8) is 0 Å². The number of fused-ring (bicyclic) bond motifs is 1. The highest BCUT2D eigenvalue weighted by Gasteiger charge is 2.30. The fourth-order valence-electron chi connectivity index (χ4n) is 4.09. The van der Waals surface area contributed by atoms with E-state index in [1.54, 1.807) is 0 Å². The van der Waals surface area contributed by atoms with Crippen LogP contribution in [0.3, 0.4) is 0 Å². The molecule has 3 rings (SSSR count). The molecule has 2 aliphatic rings. The molecule has 0 bridgehead atoms. The second kappa shape index (κ2) is 7.82. The molecule has 1 fully saturated rings. The van der Waals surface area contributed by atoms with Gasteiger partial charge in [0.1, 0.15) is 0 Å². The molecular formula is C19H28N2O2. The lowest BCUT2D eigenvalue weighted by molar-refractivity contribution is -0.142. The fourth-order valence-corrected chi connectivity index (χ4v) is 4.09. The predicted octanol–water partition coefficient (Wildman–Crippen LogP) is 2.84. The van der Waals surface area contributed by atoms with Gasteiger partial charge in [0, 0.05) is 18.7 Å². The van der Waals surface area contributed by atoms with Gasteiger partial charge in [-0.2, -0.15) is 0 Å². The van der Waals surface area contributed by atoms with Gasteiger partial charge in [-0.05, 0) is 68.2 Å². The van der Waals surface area contributed by atoms with E-state index in [-0.39, 0.29) is 5.97 Å². The van der Waals surface area contributed by atoms with Gasteiger partial charge in [-0.3, -0.25) is 4.79 Å². The van der Waals surface area contributed by atoms with Crippen LogP contribution in [0, 0.1) is 17.8 Å². The van der Waals surface area contributed by atoms with Crippen molar-refractivity contribution in [1.82, 2.24) is 5.32 Å². The quantitative estimate of drug-likeness (QED) is 0.820. The minimum atomic E-state index is -0.0669. The first-order valence-corrected chi connectivity index (χ1v) is 8.85. The number of nitrogens with one attached hydrogen (secondary N) is 2. The second-order valence-corrected chi connectivity index (χ2v) is 6.97. The normalized spacial score (nSPS) is 22.7. The highest BCUT2D eigenvalue weighted by Crippen LogP contribution is 2.35. The Kier molecular flexibility index (Phi) is 5.55. The van der Waals surface area contributed by atoms with Crippen molar-refractivity contribution in [2.45, 2.75) is 32.1 Å². The summed E-state index contributed by atoms with van der Waals surface area (Å²) in [5, 5.41) is 6.99. The first-order valence-electron chi connectivity index (χ1n) is 8.85. The number of hydrogen-bond acceptors (Lipinski definition) is 4. The average molecular weight is 316 g/mol. The summed E-state index contributed by atoms with van der Waals surface area (Å²) >= 11 is 0. The van der Waals surface area contributed by atoms with Crippen molar-refractivity contribution in [2.24, 2.45) is 17.8 Å². The number of rotatable bonds is 5. The van der Waals surface area contributed by atoms with Gasteiger partial charge >= 0.3 is 5.97 Å². The maximum Gasteiger partial charge on any atom is 0.305 e. The maximum absolute atomic E-state index is 11.9. The largest absolute Gasteiger partial charge is 0.469 e. The van der Waals surface area contributed by atoms with Gasteiger partial charge in [0.15, 0.2) is 0 Å². The Bertz CT molecular complexity index is 526. The molecule has 0 spiro atoms. The number of carbonyl (C=O) groups is 1. The molecule has 4 heteroatoms. The Balaban J connectivity index is 1.68. The van der Waals surface area contributed by atoms with Gasteiger partial charge in [0.25, 0.3) is 0 Å². The molecule has 2 aliphatic heterocycles. The molecule has 0 aromatic heterocycles. The van der Waals surface area contributed by atoms with Crippen LogP contribution in [0.4, 0.5) is 5.69 Å². The molecule has 126 valence electrons. The molecule has 0 radical (unpaired) electrons. The van der Waals surface area contributed by atoms with Crippen molar-refractivity contribution in [1.29, 1.82) is 0 Å². The number of para-hydroxylation sites is 1. The molecule has 2 atom stereocenters. The van der Waals surface area contributed by atoms with Gasteiger partial charge in [0.05, 0.1) is 7.11 Å². The molecule has 2 N–H and O–H groups in total. The molecule has 0 saturated carbocycles. The van der Waals surface area contributed by atoms with Crippen LogP contribution in [0.2, 0.25) is 0 Å². The van der Waals surface area contributed by atoms with Gasteiger partial charge in [-0.1, -0.05) is 18.2 Å². The van der Waals surface area contributed by atoms with Crippen molar-refractivity contribution in [3.05, 3.63) is 29.8 Å². The zero-order chi connectivity index (χ0) is 16.1. The summed E-state index contributed by atoms with van der Waals surface area (Å²) in [6, 6.07) is 8.53. The number of esters is 1. The number of carbonyl (C=O) groups excluding carboxylic acids is 1. The molecule has 4 nitrogen and oxygen atoms in total. The van der Waals surface area contributed by atoms with Crippen molar-refractivity contribution in [2.75, 3.05) is 32.1 Å². The number of benzene rings is 1. The van der Waals surface area contributed by atoms with Crippen molar-refractivity contribution < 1.29 is 9.53 Å². The molecular weight excluding hydrogens is 288 g/mol. The number of methoxy groups -OCH3 is 1. The number of piperidine rings is 1. The van der Waals surface area contributed by atoms with Crippen LogP contribution in [0.25, 0.3) is 0 Å². The molecule has 1 aromatic rings. The molecule has 2 heterocycles. The zero-order valence-electron chi connectivity index (χ0n) is 14.0. The molecule has 1 aromatic carbocycles. The molecule has 1 saturated heterocycles. The number of ether oxygens (including phenoxy) is 1. The first-order chi connectivity index (χ1) is 11.3. The van der Waals surface area contributed by atoms with E-state index in [9.17, 15) is 4.79 Å². The third-order valence-corrected chi connectivity index (χ3v) is 5.47. The molecule has 0 aliphatic carbocycles. The summed E-state index contributed by atoms with van der Waals surface area (Å²) in [5.41, 5.74) is 2.63. The lowest BCUT2D eigenvalue weighted by Crippen LogP contribution is -2.34. The standard InChI is InChI=1S/C19H28N2O2/c1-23-19(22)12-16(10-14-6-8-20-9-7-14)17-11-15-4-2-3-5-18(15)21-13-17/h2-5,14,16-17,20-21H,6-13H2,1H3/t16-,17+/m0/s1. The van der Waals surface area contributed by atoms with Crippen molar-refractivity contribution >= 4 is 11.7 Å². The minimum Gasteiger partial charge on any atom is -0.469 e. The Morgan fingerprint density at radius 2 is 2.09 bits per heavy atom. The van der Waals surface area contributed by atoms with E-state index in [1.165, 1.54) is 31.2 Å². The molecule has 0 unspecified atom stereocenters. The lowest BCUT2D eigenvalue weighted by Gasteiger charge is -2.35. The Labute approximate surface area is 139 Å². The second-order valence-electron chi connectivity index (χ2n) is 6.97. The van der Waals surface area contributed by atoms with Crippen molar-refractivity contribution in [3.8, 4) is 0 Å². The first kappa shape index (κ1) is 16.3. The van der Waals surface area contributed by atoms with Crippen LogP contribution in [-0.4, -0.2) is 32.7 Å². The Morgan fingerprint density at radius 1 is 1.30 bits per heavy atom. The minimum absolute atomic E-state index is 0.0669. The third kappa shape index (κ3) is 4.25. The molecule has 23 heavy (non-hydrogen) atoms. The van der Waals surface area contributed by atoms with E-state index >= 15 is 0 Å². The van der Waals surface area contributed by atoms with Gasteiger partial charge in [-0.25, -0.2) is 0 Å². The van der Waals surface area contributed by atoms with Gasteiger partial charge in [-0.15, -0.1) is 0 Å². The zero-order valence-corrected chi connectivity index (χ0v) is 14.0. The van der Waals surface area contributed by atoms with Crippen LogP contribution in [-0.2, 0) is 16.0 Å². The van der Waals surface area contributed by atoms with Crippen LogP contribution in [0.5, 0.6) is 0 Å². The summed E-state index contributed by atoms with van der Waals surface area (Å²) in [6.45, 7) is 3.19. The van der Waals surface area contributed by atoms with E-state index in [1.807, 2.05) is 0 Å². The van der Waals surface area contributed by atoms with Crippen LogP contribution in [0.15, 0.2) is 24.3 Å². The monoisotopic (exact) mass is 316 g/mol. The Morgan fingerprint density at radius 3 is 2.87 bits per heavy atom. The SMILES string of the molecule is COC(=O)C[C@H](CC1CCNCC1)[C@H]1CNc2ccccc2C1. The van der Waals surface area contributed by atoms with E-state index < -0.39 is 0 Å². The van der Waals surface area contributed by atoms with Crippen LogP contribution >= 0.6 is 0 Å². The summed E-state index contributed by atoms with van der Waals surface area (Å²) in [7, 11) is 1.50. The van der Waals surface area contributed by atoms with E-state index in [0.717, 1.165) is 38.4 Å². The highest BCUT2D eigenvalue weighted by atomic mass is 16.5. The maximum atomic E-state index is 11.9. The summed E-state index contributed by atoms with van der Waals surface area (Å²) in [4.78, 5) is 11.9. The highest BCUT2D eigenvalue weighted by molar-refractivity contribution is 5.69. The summed E-state index contributed by atoms with van der Waals surface area (Å²) in [6.07, 6.45) is 5.22. The number of hydrogen-bond donors (Lipinski definition) is 2. The molecule has 0 amide bonds. The van der Waals surface area contributed by atoms with E-state index in [0.29, 0.717) is 18.3 Å². The van der Waals surface area contributed by atoms with Gasteiger partial charge < -0.3 is 15.4 Å². The van der Waals surface area contributed by atoms with E-state index in [4.69, 9.17) is 4.74 Å². The lowest BCUT2D eigenvalue weighted by atomic mass is 9.76. The third-order valence-electron chi connectivity index (χ3n) is 5.47. The van der Waals surface area contributed by atoms with Crippen LogP contribution in [0.1, 0.15) is 31.2 Å². The average Bonchev–Trinajstić information content (AvgIpc) is 2.61. The Hall–Kier alpha value is -1.55. The number of anilines is 1. The topological polar surface area (TPSA) is 50.4 Å². The smallest absolute Gasteiger partial charge is 0.305 e.